The monoisotopic (exact) mass is 526 g/mol. The van der Waals surface area contributed by atoms with E-state index < -0.39 is 0 Å². The van der Waals surface area contributed by atoms with Crippen LogP contribution in [0.5, 0.6) is 5.75 Å². The fourth-order valence-corrected chi connectivity index (χ4v) is 6.13. The number of rotatable bonds is 6. The lowest BCUT2D eigenvalue weighted by Crippen LogP contribution is -2.53. The van der Waals surface area contributed by atoms with E-state index in [1.54, 1.807) is 6.20 Å². The molecule has 0 bridgehead atoms. The maximum Gasteiger partial charge on any atom is 0.265 e. The fourth-order valence-electron chi connectivity index (χ4n) is 6.13. The Labute approximate surface area is 229 Å². The first-order valence-corrected chi connectivity index (χ1v) is 14.0. The van der Waals surface area contributed by atoms with E-state index >= 15 is 0 Å². The zero-order chi connectivity index (χ0) is 26.8. The van der Waals surface area contributed by atoms with Crippen LogP contribution in [0.25, 0.3) is 0 Å². The molecule has 3 N–H and O–H groups in total. The van der Waals surface area contributed by atoms with Gasteiger partial charge in [-0.15, -0.1) is 4.59 Å². The molecule has 0 radical (unpaired) electrons. The van der Waals surface area contributed by atoms with E-state index in [0.717, 1.165) is 59.8 Å². The zero-order valence-electron chi connectivity index (χ0n) is 22.2. The Kier molecular flexibility index (Phi) is 7.16. The molecule has 1 atom stereocenters. The van der Waals surface area contributed by atoms with Gasteiger partial charge < -0.3 is 14.7 Å². The Morgan fingerprint density at radius 1 is 1.03 bits per heavy atom. The number of hydrogen-bond donors (Lipinski definition) is 2. The van der Waals surface area contributed by atoms with Crippen LogP contribution >= 0.6 is 0 Å². The number of amidine groups is 1. The van der Waals surface area contributed by atoms with Gasteiger partial charge in [-0.1, -0.05) is 36.4 Å². The van der Waals surface area contributed by atoms with Gasteiger partial charge in [-0.3, -0.25) is 9.79 Å². The number of quaternary nitrogens is 1. The number of aliphatic hydroxyl groups is 1. The van der Waals surface area contributed by atoms with Gasteiger partial charge in [0.05, 0.1) is 24.1 Å². The number of carbonyl (C=O) groups is 1. The van der Waals surface area contributed by atoms with Crippen LogP contribution in [0.15, 0.2) is 88.4 Å². The minimum absolute atomic E-state index is 0.0179. The standard InChI is InChI=1S/C31H36N5O3/c32-36-18-15-33-20-28(36)29(23-9-11-24(12-10-23)31(38)35-16-13-26(37)14-17-35)34-30(36)25-7-4-8-27(19-25)39-21-22-5-2-1-3-6-22/h1-8,15,18-20,23-24,26,37H,9-14,16-17,21,32H2/q+1. The quantitative estimate of drug-likeness (QED) is 0.434. The van der Waals surface area contributed by atoms with Crippen molar-refractivity contribution in [2.24, 2.45) is 27.7 Å². The molecule has 39 heavy (non-hydrogen) atoms. The lowest BCUT2D eigenvalue weighted by atomic mass is 9.79. The van der Waals surface area contributed by atoms with E-state index in [1.807, 2.05) is 71.9 Å². The zero-order valence-corrected chi connectivity index (χ0v) is 22.2. The van der Waals surface area contributed by atoms with Crippen molar-refractivity contribution >= 4 is 18.0 Å². The van der Waals surface area contributed by atoms with Crippen LogP contribution in [0.3, 0.4) is 0 Å². The molecule has 0 spiro atoms. The van der Waals surface area contributed by atoms with Gasteiger partial charge >= 0.3 is 0 Å². The molecule has 0 aromatic heterocycles. The molecule has 1 unspecified atom stereocenters. The van der Waals surface area contributed by atoms with E-state index in [2.05, 4.69) is 4.99 Å². The van der Waals surface area contributed by atoms with E-state index in [-0.39, 0.29) is 28.4 Å². The number of amides is 1. The SMILES string of the molecule is N[N+]12C=CN=CC1=C(C1CCC(C(=O)N3CCC(O)CC3)CC1)N=C2c1cccc(OCc2ccccc2)c1. The maximum absolute atomic E-state index is 13.1. The van der Waals surface area contributed by atoms with E-state index in [0.29, 0.717) is 32.5 Å². The van der Waals surface area contributed by atoms with Gasteiger partial charge in [0.1, 0.15) is 24.3 Å². The van der Waals surface area contributed by atoms with Crippen LogP contribution in [-0.2, 0) is 11.4 Å². The number of aliphatic imine (C=N–C) groups is 2. The molecule has 1 saturated heterocycles. The summed E-state index contributed by atoms with van der Waals surface area (Å²) >= 11 is 0. The lowest BCUT2D eigenvalue weighted by molar-refractivity contribution is -0.750. The van der Waals surface area contributed by atoms with Crippen molar-refractivity contribution in [3.8, 4) is 5.75 Å². The van der Waals surface area contributed by atoms with Gasteiger partial charge in [0.2, 0.25) is 11.6 Å². The third-order valence-corrected chi connectivity index (χ3v) is 8.40. The molecule has 1 aliphatic carbocycles. The van der Waals surface area contributed by atoms with Crippen molar-refractivity contribution in [1.82, 2.24) is 4.90 Å². The molecule has 2 aromatic carbocycles. The number of allylic oxidation sites excluding steroid dienone is 2. The number of likely N-dealkylation sites (tertiary alicyclic amines) is 1. The summed E-state index contributed by atoms with van der Waals surface area (Å²) in [6.07, 6.45) is 9.96. The number of carbonyl (C=O) groups excluding carboxylic acids is 1. The highest BCUT2D eigenvalue weighted by Crippen LogP contribution is 2.41. The second-order valence-electron chi connectivity index (χ2n) is 11.0. The average Bonchev–Trinajstić information content (AvgIpc) is 3.30. The third kappa shape index (κ3) is 5.20. The highest BCUT2D eigenvalue weighted by Gasteiger charge is 2.46. The predicted molar refractivity (Wildman–Crippen MR) is 150 cm³/mol. The summed E-state index contributed by atoms with van der Waals surface area (Å²) in [6.45, 7) is 1.81. The third-order valence-electron chi connectivity index (χ3n) is 8.40. The summed E-state index contributed by atoms with van der Waals surface area (Å²) in [5, 5.41) is 9.79. The van der Waals surface area contributed by atoms with Crippen molar-refractivity contribution < 1.29 is 19.2 Å². The molecule has 8 nitrogen and oxygen atoms in total. The van der Waals surface area contributed by atoms with E-state index in [4.69, 9.17) is 15.6 Å². The molecule has 1 saturated carbocycles. The van der Waals surface area contributed by atoms with E-state index in [9.17, 15) is 9.90 Å². The fraction of sp³-hybridized carbons (Fsp3) is 0.387. The number of fused-ring (bicyclic) bond motifs is 1. The maximum atomic E-state index is 13.1. The number of nitrogens with zero attached hydrogens (tertiary/aromatic N) is 4. The Morgan fingerprint density at radius 2 is 1.79 bits per heavy atom. The summed E-state index contributed by atoms with van der Waals surface area (Å²) in [7, 11) is 0. The molecule has 3 heterocycles. The first-order valence-electron chi connectivity index (χ1n) is 14.0. The van der Waals surface area contributed by atoms with Crippen molar-refractivity contribution in [2.75, 3.05) is 13.1 Å². The molecular weight excluding hydrogens is 490 g/mol. The number of ether oxygens (including phenoxy) is 1. The number of nitrogens with two attached hydrogens (primary N) is 1. The van der Waals surface area contributed by atoms with Crippen LogP contribution in [0.2, 0.25) is 0 Å². The Balaban J connectivity index is 1.18. The highest BCUT2D eigenvalue weighted by molar-refractivity contribution is 6.00. The van der Waals surface area contributed by atoms with Gasteiger partial charge in [0.25, 0.3) is 5.84 Å². The van der Waals surface area contributed by atoms with Gasteiger partial charge in [0, 0.05) is 24.9 Å². The minimum atomic E-state index is -0.274. The van der Waals surface area contributed by atoms with Crippen LogP contribution in [0.4, 0.5) is 0 Å². The molecule has 4 aliphatic rings. The summed E-state index contributed by atoms with van der Waals surface area (Å²) in [6, 6.07) is 18.0. The smallest absolute Gasteiger partial charge is 0.265 e. The number of benzene rings is 2. The second-order valence-corrected chi connectivity index (χ2v) is 11.0. The van der Waals surface area contributed by atoms with Crippen molar-refractivity contribution in [2.45, 2.75) is 51.2 Å². The second kappa shape index (κ2) is 10.9. The number of hydrogen-bond acceptors (Lipinski definition) is 6. The van der Waals surface area contributed by atoms with Gasteiger partial charge in [-0.25, -0.2) is 0 Å². The summed E-state index contributed by atoms with van der Waals surface area (Å²) in [5.41, 5.74) is 3.88. The molecule has 6 rings (SSSR count). The van der Waals surface area contributed by atoms with Crippen LogP contribution in [-0.4, -0.2) is 51.7 Å². The topological polar surface area (TPSA) is 101 Å². The van der Waals surface area contributed by atoms with Crippen molar-refractivity contribution in [3.05, 3.63) is 89.5 Å². The van der Waals surface area contributed by atoms with Gasteiger partial charge in [-0.05, 0) is 62.3 Å². The lowest BCUT2D eigenvalue weighted by Gasteiger charge is -2.35. The summed E-state index contributed by atoms with van der Waals surface area (Å²) in [5.74, 6) is 9.01. The molecular formula is C31H36N5O3+. The van der Waals surface area contributed by atoms with E-state index in [1.165, 1.54) is 0 Å². The molecule has 202 valence electrons. The number of piperidine rings is 1. The Morgan fingerprint density at radius 3 is 2.56 bits per heavy atom. The molecule has 1 amide bonds. The van der Waals surface area contributed by atoms with Gasteiger partial charge in [-0.2, -0.15) is 10.8 Å². The average molecular weight is 527 g/mol. The minimum Gasteiger partial charge on any atom is -0.489 e. The Bertz CT molecular complexity index is 1340. The highest BCUT2D eigenvalue weighted by atomic mass is 16.5. The predicted octanol–water partition coefficient (Wildman–Crippen LogP) is 4.27. The van der Waals surface area contributed by atoms with Gasteiger partial charge in [0.15, 0.2) is 0 Å². The first-order chi connectivity index (χ1) is 19.0. The number of aliphatic hydroxyl groups excluding tert-OH is 1. The van der Waals surface area contributed by atoms with Crippen LogP contribution in [0, 0.1) is 11.8 Å². The molecule has 2 fully saturated rings. The van der Waals surface area contributed by atoms with Crippen molar-refractivity contribution in [1.29, 1.82) is 0 Å². The molecule has 3 aliphatic heterocycles. The Hall–Kier alpha value is -3.59. The summed E-state index contributed by atoms with van der Waals surface area (Å²) < 4.78 is 6.07. The molecule has 2 aromatic rings. The van der Waals surface area contributed by atoms with Crippen LogP contribution in [0.1, 0.15) is 49.7 Å². The molecule has 8 heteroatoms. The van der Waals surface area contributed by atoms with Crippen molar-refractivity contribution in [3.63, 3.8) is 0 Å². The van der Waals surface area contributed by atoms with Crippen LogP contribution < -0.4 is 10.6 Å². The normalized spacial score (nSPS) is 26.9. The largest absolute Gasteiger partial charge is 0.489 e. The first kappa shape index (κ1) is 25.7. The summed E-state index contributed by atoms with van der Waals surface area (Å²) in [4.78, 5) is 24.6.